The predicted molar refractivity (Wildman–Crippen MR) is 70.6 cm³/mol. The fraction of sp³-hybridized carbons (Fsp3) is 0.500. The molecule has 1 aliphatic rings. The molecule has 0 saturated carbocycles. The Labute approximate surface area is 108 Å². The maximum absolute atomic E-state index is 11.5. The molecule has 0 spiro atoms. The second-order valence-corrected chi connectivity index (χ2v) is 5.00. The van der Waals surface area contributed by atoms with Crippen molar-refractivity contribution in [1.29, 1.82) is 0 Å². The van der Waals surface area contributed by atoms with Crippen LogP contribution in [0.1, 0.15) is 24.1 Å². The molecule has 0 aromatic heterocycles. The molecule has 2 unspecified atom stereocenters. The summed E-state index contributed by atoms with van der Waals surface area (Å²) in [5.41, 5.74) is 2.01. The number of hydrogen-bond donors (Lipinski definition) is 2. The van der Waals surface area contributed by atoms with Gasteiger partial charge >= 0.3 is 5.97 Å². The SMILES string of the molecule is Cc1ccc(C(C(=O)O)N2CCNC(C)C2)cc1. The third-order valence-corrected chi connectivity index (χ3v) is 3.39. The quantitative estimate of drug-likeness (QED) is 0.849. The first-order valence-electron chi connectivity index (χ1n) is 6.34. The van der Waals surface area contributed by atoms with Crippen molar-refractivity contribution in [3.05, 3.63) is 35.4 Å². The van der Waals surface area contributed by atoms with Crippen molar-refractivity contribution in [3.63, 3.8) is 0 Å². The molecule has 2 rings (SSSR count). The number of aliphatic carboxylic acids is 1. The Morgan fingerprint density at radius 2 is 2.11 bits per heavy atom. The van der Waals surface area contributed by atoms with Gasteiger partial charge in [0, 0.05) is 25.7 Å². The molecule has 0 radical (unpaired) electrons. The van der Waals surface area contributed by atoms with E-state index in [1.165, 1.54) is 0 Å². The van der Waals surface area contributed by atoms with Crippen LogP contribution in [0, 0.1) is 6.92 Å². The topological polar surface area (TPSA) is 52.6 Å². The van der Waals surface area contributed by atoms with Gasteiger partial charge in [0.1, 0.15) is 6.04 Å². The lowest BCUT2D eigenvalue weighted by atomic mass is 10.0. The van der Waals surface area contributed by atoms with Crippen LogP contribution in [-0.2, 0) is 4.79 Å². The molecule has 1 aliphatic heterocycles. The summed E-state index contributed by atoms with van der Waals surface area (Å²) in [6.07, 6.45) is 0. The number of nitrogens with zero attached hydrogens (tertiary/aromatic N) is 1. The lowest BCUT2D eigenvalue weighted by molar-refractivity contribution is -0.144. The van der Waals surface area contributed by atoms with Gasteiger partial charge in [-0.05, 0) is 19.4 Å². The minimum absolute atomic E-state index is 0.339. The lowest BCUT2D eigenvalue weighted by Gasteiger charge is -2.36. The molecule has 1 aromatic carbocycles. The first kappa shape index (κ1) is 13.1. The van der Waals surface area contributed by atoms with Crippen molar-refractivity contribution in [3.8, 4) is 0 Å². The van der Waals surface area contributed by atoms with E-state index in [1.807, 2.05) is 36.1 Å². The van der Waals surface area contributed by atoms with E-state index in [0.29, 0.717) is 6.04 Å². The zero-order valence-corrected chi connectivity index (χ0v) is 10.9. The number of nitrogens with one attached hydrogen (secondary N) is 1. The fourth-order valence-electron chi connectivity index (χ4n) is 2.45. The summed E-state index contributed by atoms with van der Waals surface area (Å²) in [6.45, 7) is 6.48. The van der Waals surface area contributed by atoms with Crippen molar-refractivity contribution in [2.24, 2.45) is 0 Å². The van der Waals surface area contributed by atoms with Crippen LogP contribution in [0.25, 0.3) is 0 Å². The number of piperazine rings is 1. The van der Waals surface area contributed by atoms with E-state index in [9.17, 15) is 9.90 Å². The number of carbonyl (C=O) groups is 1. The van der Waals surface area contributed by atoms with Gasteiger partial charge in [0.25, 0.3) is 0 Å². The van der Waals surface area contributed by atoms with Gasteiger partial charge in [0.05, 0.1) is 0 Å². The Hall–Kier alpha value is -1.39. The van der Waals surface area contributed by atoms with Crippen molar-refractivity contribution in [2.45, 2.75) is 25.9 Å². The average Bonchev–Trinajstić information content (AvgIpc) is 2.32. The van der Waals surface area contributed by atoms with Crippen LogP contribution in [0.3, 0.4) is 0 Å². The Kier molecular flexibility index (Phi) is 3.99. The molecule has 2 atom stereocenters. The normalized spacial score (nSPS) is 22.7. The van der Waals surface area contributed by atoms with Crippen molar-refractivity contribution < 1.29 is 9.90 Å². The van der Waals surface area contributed by atoms with Crippen LogP contribution in [0.5, 0.6) is 0 Å². The number of carboxylic acid groups (broad SMARTS) is 1. The Morgan fingerprint density at radius 3 is 2.67 bits per heavy atom. The van der Waals surface area contributed by atoms with Crippen LogP contribution in [-0.4, -0.2) is 41.7 Å². The maximum atomic E-state index is 11.5. The van der Waals surface area contributed by atoms with Crippen LogP contribution in [0.4, 0.5) is 0 Å². The molecule has 1 aromatic rings. The third-order valence-electron chi connectivity index (χ3n) is 3.39. The highest BCUT2D eigenvalue weighted by molar-refractivity contribution is 5.75. The minimum Gasteiger partial charge on any atom is -0.480 e. The van der Waals surface area contributed by atoms with Crippen LogP contribution < -0.4 is 5.32 Å². The largest absolute Gasteiger partial charge is 0.480 e. The van der Waals surface area contributed by atoms with E-state index in [-0.39, 0.29) is 0 Å². The maximum Gasteiger partial charge on any atom is 0.325 e. The highest BCUT2D eigenvalue weighted by Crippen LogP contribution is 2.22. The van der Waals surface area contributed by atoms with Gasteiger partial charge in [-0.15, -0.1) is 0 Å². The number of carboxylic acids is 1. The molecule has 98 valence electrons. The molecule has 4 heteroatoms. The Balaban J connectivity index is 2.22. The first-order valence-corrected chi connectivity index (χ1v) is 6.34. The average molecular weight is 248 g/mol. The van der Waals surface area contributed by atoms with E-state index in [2.05, 4.69) is 12.2 Å². The summed E-state index contributed by atoms with van der Waals surface area (Å²) in [5.74, 6) is -0.770. The lowest BCUT2D eigenvalue weighted by Crippen LogP contribution is -2.51. The number of hydrogen-bond acceptors (Lipinski definition) is 3. The molecular weight excluding hydrogens is 228 g/mol. The molecule has 18 heavy (non-hydrogen) atoms. The third kappa shape index (κ3) is 2.89. The fourth-order valence-corrected chi connectivity index (χ4v) is 2.45. The van der Waals surface area contributed by atoms with Gasteiger partial charge in [-0.3, -0.25) is 9.69 Å². The first-order chi connectivity index (χ1) is 8.58. The molecule has 4 nitrogen and oxygen atoms in total. The van der Waals surface area contributed by atoms with Crippen LogP contribution in [0.2, 0.25) is 0 Å². The van der Waals surface area contributed by atoms with Crippen molar-refractivity contribution >= 4 is 5.97 Å². The standard InChI is InChI=1S/C14H20N2O2/c1-10-3-5-12(6-4-10)13(14(17)18)16-8-7-15-11(2)9-16/h3-6,11,13,15H,7-9H2,1-2H3,(H,17,18). The summed E-state index contributed by atoms with van der Waals surface area (Å²) in [7, 11) is 0. The van der Waals surface area contributed by atoms with Crippen LogP contribution >= 0.6 is 0 Å². The molecule has 2 N–H and O–H groups in total. The number of aryl methyl sites for hydroxylation is 1. The minimum atomic E-state index is -0.770. The Bertz CT molecular complexity index is 416. The highest BCUT2D eigenvalue weighted by Gasteiger charge is 2.30. The number of benzene rings is 1. The zero-order chi connectivity index (χ0) is 13.1. The monoisotopic (exact) mass is 248 g/mol. The smallest absolute Gasteiger partial charge is 0.325 e. The zero-order valence-electron chi connectivity index (χ0n) is 10.9. The van der Waals surface area contributed by atoms with Crippen LogP contribution in [0.15, 0.2) is 24.3 Å². The molecule has 0 bridgehead atoms. The highest BCUT2D eigenvalue weighted by atomic mass is 16.4. The van der Waals surface area contributed by atoms with Crippen molar-refractivity contribution in [2.75, 3.05) is 19.6 Å². The van der Waals surface area contributed by atoms with Gasteiger partial charge < -0.3 is 10.4 Å². The van der Waals surface area contributed by atoms with Gasteiger partial charge in [-0.25, -0.2) is 0 Å². The van der Waals surface area contributed by atoms with E-state index < -0.39 is 12.0 Å². The second-order valence-electron chi connectivity index (χ2n) is 5.00. The Morgan fingerprint density at radius 1 is 1.44 bits per heavy atom. The summed E-state index contributed by atoms with van der Waals surface area (Å²) < 4.78 is 0. The molecule has 1 heterocycles. The van der Waals surface area contributed by atoms with E-state index in [1.54, 1.807) is 0 Å². The van der Waals surface area contributed by atoms with E-state index in [0.717, 1.165) is 30.8 Å². The molecule has 1 saturated heterocycles. The second kappa shape index (κ2) is 5.50. The van der Waals surface area contributed by atoms with Gasteiger partial charge in [-0.2, -0.15) is 0 Å². The van der Waals surface area contributed by atoms with Gasteiger partial charge in [-0.1, -0.05) is 29.8 Å². The van der Waals surface area contributed by atoms with Crippen molar-refractivity contribution in [1.82, 2.24) is 10.2 Å². The molecule has 0 amide bonds. The summed E-state index contributed by atoms with van der Waals surface area (Å²) in [5, 5.41) is 12.8. The molecule has 1 fully saturated rings. The molecule has 0 aliphatic carbocycles. The van der Waals surface area contributed by atoms with Gasteiger partial charge in [0.15, 0.2) is 0 Å². The van der Waals surface area contributed by atoms with Gasteiger partial charge in [0.2, 0.25) is 0 Å². The van der Waals surface area contributed by atoms with E-state index >= 15 is 0 Å². The summed E-state index contributed by atoms with van der Waals surface area (Å²) in [6, 6.07) is 7.58. The molecular formula is C14H20N2O2. The summed E-state index contributed by atoms with van der Waals surface area (Å²) in [4.78, 5) is 13.6. The predicted octanol–water partition coefficient (Wildman–Crippen LogP) is 1.41. The summed E-state index contributed by atoms with van der Waals surface area (Å²) >= 11 is 0. The number of rotatable bonds is 3. The van der Waals surface area contributed by atoms with E-state index in [4.69, 9.17) is 0 Å².